The molecule has 2 N–H and O–H groups in total. The molecule has 0 aromatic carbocycles. The van der Waals surface area contributed by atoms with Gasteiger partial charge in [0.05, 0.1) is 5.70 Å². The highest BCUT2D eigenvalue weighted by molar-refractivity contribution is 5.94. The highest BCUT2D eigenvalue weighted by Crippen LogP contribution is 2.22. The lowest BCUT2D eigenvalue weighted by Gasteiger charge is -1.99. The Labute approximate surface area is 77.0 Å². The fourth-order valence-corrected chi connectivity index (χ4v) is 1.33. The number of rotatable bonds is 1. The lowest BCUT2D eigenvalue weighted by atomic mass is 10.2. The van der Waals surface area contributed by atoms with Crippen molar-refractivity contribution in [2.24, 2.45) is 4.99 Å². The van der Waals surface area contributed by atoms with Crippen LogP contribution in [-0.4, -0.2) is 10.7 Å². The molecule has 1 aromatic rings. The highest BCUT2D eigenvalue weighted by atomic mass is 14.8. The summed E-state index contributed by atoms with van der Waals surface area (Å²) in [5, 5.41) is 0. The van der Waals surface area contributed by atoms with Crippen molar-refractivity contribution in [1.82, 2.24) is 4.98 Å². The van der Waals surface area contributed by atoms with Gasteiger partial charge in [-0.3, -0.25) is 4.99 Å². The smallest absolute Gasteiger partial charge is 0.123 e. The molecular weight excluding hydrogens is 162 g/mol. The Kier molecular flexibility index (Phi) is 1.85. The monoisotopic (exact) mass is 173 g/mol. The molecule has 0 saturated carbocycles. The Morgan fingerprint density at radius 2 is 2.31 bits per heavy atom. The number of nitrogen functional groups attached to an aromatic ring is 1. The van der Waals surface area contributed by atoms with Crippen LogP contribution in [-0.2, 0) is 0 Å². The van der Waals surface area contributed by atoms with Gasteiger partial charge in [0.1, 0.15) is 5.82 Å². The molecule has 0 bridgehead atoms. The largest absolute Gasteiger partial charge is 0.384 e. The zero-order valence-corrected chi connectivity index (χ0v) is 7.49. The third kappa shape index (κ3) is 1.59. The van der Waals surface area contributed by atoms with Crippen molar-refractivity contribution < 1.29 is 0 Å². The van der Waals surface area contributed by atoms with E-state index in [1.807, 2.05) is 19.1 Å². The number of nitrogens with zero attached hydrogens (tertiary/aromatic N) is 2. The van der Waals surface area contributed by atoms with Crippen molar-refractivity contribution in [2.45, 2.75) is 13.3 Å². The molecular formula is C10H11N3. The van der Waals surface area contributed by atoms with Gasteiger partial charge in [0, 0.05) is 23.9 Å². The van der Waals surface area contributed by atoms with Gasteiger partial charge in [0.15, 0.2) is 0 Å². The first kappa shape index (κ1) is 7.98. The van der Waals surface area contributed by atoms with Crippen LogP contribution in [0, 0.1) is 0 Å². The maximum absolute atomic E-state index is 5.57. The van der Waals surface area contributed by atoms with E-state index in [1.54, 1.807) is 6.20 Å². The summed E-state index contributed by atoms with van der Waals surface area (Å²) in [7, 11) is 0. The highest BCUT2D eigenvalue weighted by Gasteiger charge is 2.06. The molecule has 0 atom stereocenters. The van der Waals surface area contributed by atoms with Gasteiger partial charge in [-0.15, -0.1) is 0 Å². The molecule has 0 saturated heterocycles. The average Bonchev–Trinajstić information content (AvgIpc) is 2.52. The van der Waals surface area contributed by atoms with Crippen LogP contribution in [0.1, 0.15) is 18.9 Å². The van der Waals surface area contributed by atoms with Crippen LogP contribution in [0.15, 0.2) is 29.4 Å². The second-order valence-electron chi connectivity index (χ2n) is 3.11. The number of aromatic nitrogens is 1. The summed E-state index contributed by atoms with van der Waals surface area (Å²) in [5.74, 6) is 0.540. The molecule has 66 valence electrons. The van der Waals surface area contributed by atoms with Gasteiger partial charge < -0.3 is 5.73 Å². The number of allylic oxidation sites excluding steroid dienone is 1. The third-order valence-corrected chi connectivity index (χ3v) is 1.98. The molecule has 0 radical (unpaired) electrons. The van der Waals surface area contributed by atoms with Crippen molar-refractivity contribution in [1.29, 1.82) is 0 Å². The maximum Gasteiger partial charge on any atom is 0.123 e. The first-order valence-corrected chi connectivity index (χ1v) is 4.22. The van der Waals surface area contributed by atoms with E-state index in [9.17, 15) is 0 Å². The molecule has 0 spiro atoms. The molecule has 3 heteroatoms. The average molecular weight is 173 g/mol. The minimum atomic E-state index is 0.540. The Hall–Kier alpha value is -1.64. The van der Waals surface area contributed by atoms with Gasteiger partial charge >= 0.3 is 0 Å². The number of pyridine rings is 1. The van der Waals surface area contributed by atoms with Crippen LogP contribution < -0.4 is 5.73 Å². The van der Waals surface area contributed by atoms with Crippen molar-refractivity contribution in [3.05, 3.63) is 30.0 Å². The quantitative estimate of drug-likeness (QED) is 0.704. The normalized spacial score (nSPS) is 15.5. The number of nitrogens with two attached hydrogens (primary N) is 1. The number of aliphatic imine (C=N–C) groups is 1. The van der Waals surface area contributed by atoms with Gasteiger partial charge in [-0.05, 0) is 19.1 Å². The fourth-order valence-electron chi connectivity index (χ4n) is 1.33. The van der Waals surface area contributed by atoms with E-state index in [0.717, 1.165) is 23.4 Å². The molecule has 2 heterocycles. The molecule has 0 fully saturated rings. The molecule has 13 heavy (non-hydrogen) atoms. The van der Waals surface area contributed by atoms with E-state index in [1.165, 1.54) is 0 Å². The van der Waals surface area contributed by atoms with Crippen LogP contribution >= 0.6 is 0 Å². The first-order valence-electron chi connectivity index (χ1n) is 4.22. The second-order valence-corrected chi connectivity index (χ2v) is 3.11. The third-order valence-electron chi connectivity index (χ3n) is 1.98. The SMILES string of the molecule is CC1=NC(c2ccnc(N)c2)=CC1. The van der Waals surface area contributed by atoms with Crippen molar-refractivity contribution >= 4 is 17.2 Å². The van der Waals surface area contributed by atoms with Crippen molar-refractivity contribution in [3.8, 4) is 0 Å². The number of hydrogen-bond donors (Lipinski definition) is 1. The molecule has 2 rings (SSSR count). The molecule has 1 aromatic heterocycles. The van der Waals surface area contributed by atoms with Crippen LogP contribution in [0.2, 0.25) is 0 Å². The van der Waals surface area contributed by atoms with Crippen LogP contribution in [0.4, 0.5) is 5.82 Å². The summed E-state index contributed by atoms with van der Waals surface area (Å²) in [6, 6.07) is 3.76. The van der Waals surface area contributed by atoms with Crippen molar-refractivity contribution in [2.75, 3.05) is 5.73 Å². The zero-order valence-electron chi connectivity index (χ0n) is 7.49. The summed E-state index contributed by atoms with van der Waals surface area (Å²) in [6.45, 7) is 2.02. The second kappa shape index (κ2) is 3.01. The minimum absolute atomic E-state index is 0.540. The van der Waals surface area contributed by atoms with E-state index < -0.39 is 0 Å². The molecule has 1 aliphatic heterocycles. The van der Waals surface area contributed by atoms with Crippen LogP contribution in [0.5, 0.6) is 0 Å². The Morgan fingerprint density at radius 1 is 1.46 bits per heavy atom. The Morgan fingerprint density at radius 3 is 2.92 bits per heavy atom. The van der Waals surface area contributed by atoms with E-state index >= 15 is 0 Å². The summed E-state index contributed by atoms with van der Waals surface area (Å²) in [6.07, 6.45) is 4.75. The molecule has 1 aliphatic rings. The standard InChI is InChI=1S/C10H11N3/c1-7-2-3-9(13-7)8-4-5-12-10(11)6-8/h3-6H,2H2,1H3,(H2,11,12). The summed E-state index contributed by atoms with van der Waals surface area (Å²) in [4.78, 5) is 8.33. The molecule has 0 unspecified atom stereocenters. The van der Waals surface area contributed by atoms with E-state index in [2.05, 4.69) is 16.1 Å². The van der Waals surface area contributed by atoms with Crippen LogP contribution in [0.25, 0.3) is 5.70 Å². The Bertz CT molecular complexity index is 391. The first-order chi connectivity index (χ1) is 6.25. The predicted octanol–water partition coefficient (Wildman–Crippen LogP) is 1.87. The maximum atomic E-state index is 5.57. The molecule has 0 amide bonds. The van der Waals surface area contributed by atoms with Crippen molar-refractivity contribution in [3.63, 3.8) is 0 Å². The predicted molar refractivity (Wildman–Crippen MR) is 54.4 cm³/mol. The van der Waals surface area contributed by atoms with Gasteiger partial charge in [0.2, 0.25) is 0 Å². The number of hydrogen-bond acceptors (Lipinski definition) is 3. The van der Waals surface area contributed by atoms with Gasteiger partial charge in [-0.1, -0.05) is 6.08 Å². The summed E-state index contributed by atoms with van der Waals surface area (Å²) in [5.41, 5.74) is 8.77. The van der Waals surface area contributed by atoms with Gasteiger partial charge in [-0.25, -0.2) is 4.98 Å². The van der Waals surface area contributed by atoms with E-state index in [-0.39, 0.29) is 0 Å². The molecule has 0 aliphatic carbocycles. The molecule has 3 nitrogen and oxygen atoms in total. The lowest BCUT2D eigenvalue weighted by molar-refractivity contribution is 1.32. The number of anilines is 1. The Balaban J connectivity index is 2.37. The van der Waals surface area contributed by atoms with E-state index in [4.69, 9.17) is 5.73 Å². The fraction of sp³-hybridized carbons (Fsp3) is 0.200. The summed E-state index contributed by atoms with van der Waals surface area (Å²) < 4.78 is 0. The minimum Gasteiger partial charge on any atom is -0.384 e. The summed E-state index contributed by atoms with van der Waals surface area (Å²) >= 11 is 0. The van der Waals surface area contributed by atoms with Crippen LogP contribution in [0.3, 0.4) is 0 Å². The topological polar surface area (TPSA) is 51.3 Å². The van der Waals surface area contributed by atoms with Gasteiger partial charge in [-0.2, -0.15) is 0 Å². The van der Waals surface area contributed by atoms with Gasteiger partial charge in [0.25, 0.3) is 0 Å². The van der Waals surface area contributed by atoms with E-state index in [0.29, 0.717) is 5.82 Å². The zero-order chi connectivity index (χ0) is 9.26. The lowest BCUT2D eigenvalue weighted by Crippen LogP contribution is -1.90.